The van der Waals surface area contributed by atoms with Crippen molar-refractivity contribution in [2.24, 2.45) is 5.18 Å². The minimum Gasteiger partial charge on any atom is -0.353 e. The van der Waals surface area contributed by atoms with Gasteiger partial charge in [0.05, 0.1) is 10.5 Å². The number of carbonyl (C=O) groups excluding carboxylic acids is 3. The number of aromatic nitrogens is 1. The van der Waals surface area contributed by atoms with Gasteiger partial charge >= 0.3 is 18.3 Å². The minimum atomic E-state index is -4.64. The predicted molar refractivity (Wildman–Crippen MR) is 183 cm³/mol. The van der Waals surface area contributed by atoms with Crippen LogP contribution in [0.25, 0.3) is 0 Å². The number of alkyl halides is 6. The SMILES string of the molecule is CC.CC(=O)C(F)(F)F.CC(C)c1ccc(CNC(=O)[C@H]2CN(c3ccc(C(=O)N=O)cn3)CCN2S(=O)(=O)C2=CC=C(C(F)(F)F)CCC2)cc1. The summed E-state index contributed by atoms with van der Waals surface area (Å²) in [6.07, 6.45) is -6.67. The number of piperazine rings is 1. The third kappa shape index (κ3) is 12.1. The summed E-state index contributed by atoms with van der Waals surface area (Å²) < 4.78 is 101. The molecule has 2 aromatic rings. The molecule has 0 bridgehead atoms. The van der Waals surface area contributed by atoms with Crippen molar-refractivity contribution in [3.8, 4) is 0 Å². The molecular weight excluding hydrogens is 720 g/mol. The van der Waals surface area contributed by atoms with Gasteiger partial charge in [-0.05, 0) is 54.5 Å². The molecule has 1 saturated heterocycles. The molecule has 18 heteroatoms. The van der Waals surface area contributed by atoms with Crippen molar-refractivity contribution in [1.82, 2.24) is 14.6 Å². The van der Waals surface area contributed by atoms with Crippen molar-refractivity contribution in [3.05, 3.63) is 86.8 Å². The fourth-order valence-electron chi connectivity index (χ4n) is 4.97. The van der Waals surface area contributed by atoms with Gasteiger partial charge in [-0.2, -0.15) is 30.6 Å². The van der Waals surface area contributed by atoms with Crippen LogP contribution in [0.3, 0.4) is 0 Å². The fourth-order valence-corrected chi connectivity index (χ4v) is 6.73. The van der Waals surface area contributed by atoms with E-state index in [4.69, 9.17) is 0 Å². The maximum absolute atomic E-state index is 13.8. The Balaban J connectivity index is 0.000000930. The van der Waals surface area contributed by atoms with Crippen molar-refractivity contribution < 1.29 is 49.1 Å². The van der Waals surface area contributed by atoms with Crippen molar-refractivity contribution in [3.63, 3.8) is 0 Å². The van der Waals surface area contributed by atoms with Gasteiger partial charge in [0.2, 0.25) is 21.7 Å². The van der Waals surface area contributed by atoms with Gasteiger partial charge in [-0.3, -0.25) is 14.4 Å². The standard InChI is InChI=1S/C29H32F3N5O5S.C3H3F3O.C2H6/c1-19(2)21-8-6-20(7-9-21)16-34-28(39)25-18-36(26-13-10-22(17-33-26)27(38)35-40)14-15-37(25)43(41,42)24-5-3-4-23(11-12-24)29(30,31)32;1-2(7)3(4,5)6;1-2/h6-13,17,19,25H,3-5,14-16,18H2,1-2H3,(H,34,39);1H3;1-2H3/t25-;;/m1../s1. The van der Waals surface area contributed by atoms with Crippen LogP contribution >= 0.6 is 0 Å². The summed E-state index contributed by atoms with van der Waals surface area (Å²) in [5, 5.41) is 5.16. The Labute approximate surface area is 298 Å². The number of nitroso groups, excluding NO2 is 1. The lowest BCUT2D eigenvalue weighted by molar-refractivity contribution is -0.168. The summed E-state index contributed by atoms with van der Waals surface area (Å²) in [5.74, 6) is -2.67. The third-order valence-electron chi connectivity index (χ3n) is 7.89. The maximum atomic E-state index is 13.8. The van der Waals surface area contributed by atoms with E-state index in [-0.39, 0.29) is 55.9 Å². The van der Waals surface area contributed by atoms with E-state index in [0.29, 0.717) is 18.7 Å². The molecule has 1 aromatic heterocycles. The molecular formula is C34H41F6N5O6S. The lowest BCUT2D eigenvalue weighted by atomic mass is 10.0. The first-order chi connectivity index (χ1) is 24.2. The molecule has 52 heavy (non-hydrogen) atoms. The lowest BCUT2D eigenvalue weighted by Gasteiger charge is -2.40. The van der Waals surface area contributed by atoms with Gasteiger partial charge in [-0.25, -0.2) is 13.4 Å². The highest BCUT2D eigenvalue weighted by Gasteiger charge is 2.42. The van der Waals surface area contributed by atoms with Crippen molar-refractivity contribution in [2.75, 3.05) is 24.5 Å². The van der Waals surface area contributed by atoms with Crippen LogP contribution in [0.1, 0.15) is 81.3 Å². The van der Waals surface area contributed by atoms with Gasteiger partial charge < -0.3 is 10.2 Å². The van der Waals surface area contributed by atoms with Crippen molar-refractivity contribution in [1.29, 1.82) is 0 Å². The molecule has 0 saturated carbocycles. The molecule has 2 amide bonds. The molecule has 4 rings (SSSR count). The van der Waals surface area contributed by atoms with Crippen molar-refractivity contribution >= 4 is 33.4 Å². The average Bonchev–Trinajstić information content (AvgIpc) is 3.39. The zero-order valence-corrected chi connectivity index (χ0v) is 30.0. The quantitative estimate of drug-likeness (QED) is 0.224. The number of hydrogen-bond donors (Lipinski definition) is 1. The number of carbonyl (C=O) groups is 3. The van der Waals surface area contributed by atoms with Gasteiger partial charge in [-0.15, -0.1) is 4.91 Å². The second-order valence-electron chi connectivity index (χ2n) is 11.7. The molecule has 0 radical (unpaired) electrons. The Kier molecular flexibility index (Phi) is 15.9. The fraction of sp³-hybridized carbons (Fsp3) is 0.471. The molecule has 1 aliphatic carbocycles. The van der Waals surface area contributed by atoms with Gasteiger partial charge in [0.15, 0.2) is 0 Å². The molecule has 1 aromatic carbocycles. The van der Waals surface area contributed by atoms with Crippen LogP contribution in [0.2, 0.25) is 0 Å². The topological polar surface area (TPSA) is 146 Å². The zero-order chi connectivity index (χ0) is 39.4. The number of hydrogen-bond acceptors (Lipinski definition) is 8. The van der Waals surface area contributed by atoms with Crippen LogP contribution in [0.5, 0.6) is 0 Å². The first kappa shape index (κ1) is 43.7. The predicted octanol–water partition coefficient (Wildman–Crippen LogP) is 6.97. The summed E-state index contributed by atoms with van der Waals surface area (Å²) in [7, 11) is -4.31. The molecule has 1 aliphatic heterocycles. The largest absolute Gasteiger partial charge is 0.449 e. The number of rotatable bonds is 8. The van der Waals surface area contributed by atoms with E-state index in [2.05, 4.69) is 29.3 Å². The monoisotopic (exact) mass is 761 g/mol. The summed E-state index contributed by atoms with van der Waals surface area (Å²) in [5.41, 5.74) is 1.10. The Morgan fingerprint density at radius 2 is 1.58 bits per heavy atom. The number of allylic oxidation sites excluding steroid dienone is 4. The summed E-state index contributed by atoms with van der Waals surface area (Å²) in [6.45, 7) is 8.60. The molecule has 1 N–H and O–H groups in total. The molecule has 11 nitrogen and oxygen atoms in total. The number of amides is 2. The van der Waals surface area contributed by atoms with Crippen LogP contribution < -0.4 is 10.2 Å². The Morgan fingerprint density at radius 3 is 2.08 bits per heavy atom. The van der Waals surface area contributed by atoms with E-state index in [1.165, 1.54) is 18.3 Å². The second kappa shape index (κ2) is 18.9. The van der Waals surface area contributed by atoms with E-state index < -0.39 is 51.6 Å². The smallest absolute Gasteiger partial charge is 0.353 e. The number of Topliss-reactive ketones (excluding diaryl/α,β-unsaturated/α-hetero) is 1. The Morgan fingerprint density at radius 1 is 0.962 bits per heavy atom. The number of nitrogens with zero attached hydrogens (tertiary/aromatic N) is 4. The number of anilines is 1. The average molecular weight is 762 g/mol. The van der Waals surface area contributed by atoms with Crippen LogP contribution in [0, 0.1) is 4.91 Å². The summed E-state index contributed by atoms with van der Waals surface area (Å²) >= 11 is 0. The lowest BCUT2D eigenvalue weighted by Crippen LogP contribution is -2.60. The zero-order valence-electron chi connectivity index (χ0n) is 29.2. The van der Waals surface area contributed by atoms with E-state index in [0.717, 1.165) is 27.6 Å². The second-order valence-corrected chi connectivity index (χ2v) is 13.7. The van der Waals surface area contributed by atoms with E-state index in [1.807, 2.05) is 38.1 Å². The number of benzene rings is 1. The van der Waals surface area contributed by atoms with Gasteiger partial charge in [0.25, 0.3) is 0 Å². The van der Waals surface area contributed by atoms with Crippen LogP contribution in [0.15, 0.2) is 70.4 Å². The molecule has 1 atom stereocenters. The Hall–Kier alpha value is -4.45. The Bertz CT molecular complexity index is 1720. The molecule has 1 fully saturated rings. The van der Waals surface area contributed by atoms with Crippen LogP contribution in [-0.2, 0) is 26.2 Å². The van der Waals surface area contributed by atoms with Crippen LogP contribution in [0.4, 0.5) is 32.2 Å². The highest BCUT2D eigenvalue weighted by atomic mass is 32.2. The molecule has 2 aliphatic rings. The van der Waals surface area contributed by atoms with Crippen LogP contribution in [-0.4, -0.2) is 73.3 Å². The highest BCUT2D eigenvalue weighted by Crippen LogP contribution is 2.34. The molecule has 286 valence electrons. The van der Waals surface area contributed by atoms with E-state index >= 15 is 0 Å². The van der Waals surface area contributed by atoms with Crippen molar-refractivity contribution in [2.45, 2.75) is 84.7 Å². The highest BCUT2D eigenvalue weighted by molar-refractivity contribution is 7.93. The summed E-state index contributed by atoms with van der Waals surface area (Å²) in [6, 6.07) is 9.23. The third-order valence-corrected chi connectivity index (χ3v) is 9.95. The normalized spacial score (nSPS) is 16.9. The maximum Gasteiger partial charge on any atom is 0.449 e. The van der Waals surface area contributed by atoms with Gasteiger partial charge in [-0.1, -0.05) is 58.0 Å². The first-order valence-corrected chi connectivity index (χ1v) is 17.7. The molecule has 2 heterocycles. The van der Waals surface area contributed by atoms with E-state index in [9.17, 15) is 54.1 Å². The molecule has 0 unspecified atom stereocenters. The number of halogens is 6. The van der Waals surface area contributed by atoms with Gasteiger partial charge in [0, 0.05) is 50.0 Å². The number of pyridine rings is 1. The minimum absolute atomic E-state index is 0.00968. The number of nitrogens with one attached hydrogen (secondary N) is 1. The number of ketones is 1. The first-order valence-electron chi connectivity index (χ1n) is 16.3. The number of sulfonamides is 1. The summed E-state index contributed by atoms with van der Waals surface area (Å²) in [4.78, 5) is 50.7. The molecule has 0 spiro atoms. The van der Waals surface area contributed by atoms with Gasteiger partial charge in [0.1, 0.15) is 11.9 Å². The van der Waals surface area contributed by atoms with E-state index in [1.54, 1.807) is 4.90 Å².